The molecule has 5 atom stereocenters. The fourth-order valence-corrected chi connectivity index (χ4v) is 6.18. The second-order valence-corrected chi connectivity index (χ2v) is 13.9. The number of allylic oxidation sites excluding steroid dienone is 1. The monoisotopic (exact) mass is 727 g/mol. The van der Waals surface area contributed by atoms with E-state index in [-0.39, 0.29) is 30.0 Å². The number of ether oxygens (including phenoxy) is 2. The molecular formula is C29H39Br2N5O7. The highest BCUT2D eigenvalue weighted by atomic mass is 79.9. The molecule has 0 bridgehead atoms. The highest BCUT2D eigenvalue weighted by Gasteiger charge is 2.62. The van der Waals surface area contributed by atoms with Crippen molar-refractivity contribution in [2.75, 3.05) is 13.2 Å². The van der Waals surface area contributed by atoms with Gasteiger partial charge in [0.2, 0.25) is 11.8 Å². The molecule has 1 aromatic heterocycles. The summed E-state index contributed by atoms with van der Waals surface area (Å²) in [5.74, 6) is -1.75. The van der Waals surface area contributed by atoms with Crippen LogP contribution in [0.15, 0.2) is 32.1 Å². The SMILES string of the molecule is CCOC(=O)[C@@]12C[C@H]1C=CCCCCC[C@H](NC(=O)OC(C)(C)C)C(=O)N1C[C@H](n3ncc(Br)c(Br)c3=O)C[C@H]1C(=O)N2. The van der Waals surface area contributed by atoms with Gasteiger partial charge in [-0.05, 0) is 85.2 Å². The molecule has 1 aliphatic carbocycles. The first-order valence-electron chi connectivity index (χ1n) is 14.7. The van der Waals surface area contributed by atoms with Crippen LogP contribution >= 0.6 is 31.9 Å². The highest BCUT2D eigenvalue weighted by Crippen LogP contribution is 2.46. The lowest BCUT2D eigenvalue weighted by Crippen LogP contribution is -2.56. The van der Waals surface area contributed by atoms with Crippen molar-refractivity contribution < 1.29 is 28.7 Å². The van der Waals surface area contributed by atoms with Crippen molar-refractivity contribution in [2.45, 2.75) is 102 Å². The molecule has 2 aliphatic heterocycles. The van der Waals surface area contributed by atoms with Crippen LogP contribution in [-0.2, 0) is 23.9 Å². The molecule has 4 rings (SSSR count). The molecule has 3 aliphatic rings. The minimum absolute atomic E-state index is 0.000134. The van der Waals surface area contributed by atoms with E-state index in [1.165, 1.54) is 15.8 Å². The summed E-state index contributed by atoms with van der Waals surface area (Å²) in [6, 6.07) is -2.62. The van der Waals surface area contributed by atoms with E-state index in [2.05, 4.69) is 47.6 Å². The van der Waals surface area contributed by atoms with Gasteiger partial charge >= 0.3 is 12.1 Å². The van der Waals surface area contributed by atoms with E-state index in [0.717, 1.165) is 19.3 Å². The van der Waals surface area contributed by atoms with Crippen LogP contribution in [0.3, 0.4) is 0 Å². The van der Waals surface area contributed by atoms with Crippen LogP contribution in [0.5, 0.6) is 0 Å². The quantitative estimate of drug-likeness (QED) is 0.352. The average molecular weight is 729 g/mol. The molecule has 43 heavy (non-hydrogen) atoms. The lowest BCUT2D eigenvalue weighted by Gasteiger charge is -2.30. The molecular weight excluding hydrogens is 690 g/mol. The third-order valence-electron chi connectivity index (χ3n) is 7.83. The van der Waals surface area contributed by atoms with Gasteiger partial charge in [-0.1, -0.05) is 25.0 Å². The lowest BCUT2D eigenvalue weighted by atomic mass is 10.0. The van der Waals surface area contributed by atoms with Crippen LogP contribution in [0.4, 0.5) is 4.79 Å². The summed E-state index contributed by atoms with van der Waals surface area (Å²) in [5.41, 5.74) is -2.42. The van der Waals surface area contributed by atoms with Crippen LogP contribution in [0, 0.1) is 5.92 Å². The number of hydrogen-bond donors (Lipinski definition) is 2. The summed E-state index contributed by atoms with van der Waals surface area (Å²) in [6.07, 6.45) is 8.62. The third kappa shape index (κ3) is 7.68. The van der Waals surface area contributed by atoms with Crippen LogP contribution in [0.25, 0.3) is 0 Å². The molecule has 1 saturated carbocycles. The number of alkyl carbamates (subject to hydrolysis) is 1. The molecule has 2 N–H and O–H groups in total. The zero-order valence-corrected chi connectivity index (χ0v) is 28.0. The van der Waals surface area contributed by atoms with Gasteiger partial charge in [0.1, 0.15) is 27.7 Å². The van der Waals surface area contributed by atoms with Gasteiger partial charge in [0.25, 0.3) is 5.56 Å². The second-order valence-electron chi connectivity index (χ2n) is 12.2. The number of fused-ring (bicyclic) bond motifs is 2. The Labute approximate surface area is 267 Å². The largest absolute Gasteiger partial charge is 0.464 e. The van der Waals surface area contributed by atoms with Gasteiger partial charge in [-0.25, -0.2) is 14.3 Å². The Morgan fingerprint density at radius 3 is 2.63 bits per heavy atom. The van der Waals surface area contributed by atoms with E-state index in [1.807, 2.05) is 12.2 Å². The summed E-state index contributed by atoms with van der Waals surface area (Å²) >= 11 is 6.56. The Morgan fingerprint density at radius 1 is 1.19 bits per heavy atom. The summed E-state index contributed by atoms with van der Waals surface area (Å²) in [5, 5.41) is 9.89. The van der Waals surface area contributed by atoms with Gasteiger partial charge in [-0.3, -0.25) is 14.4 Å². The minimum atomic E-state index is -1.22. The normalized spacial score (nSPS) is 28.1. The van der Waals surface area contributed by atoms with Gasteiger partial charge < -0.3 is 25.0 Å². The highest BCUT2D eigenvalue weighted by molar-refractivity contribution is 9.13. The van der Waals surface area contributed by atoms with Gasteiger partial charge in [0.05, 0.1) is 23.3 Å². The number of carbonyl (C=O) groups excluding carboxylic acids is 4. The third-order valence-corrected chi connectivity index (χ3v) is 9.73. The first-order valence-corrected chi connectivity index (χ1v) is 16.2. The second kappa shape index (κ2) is 13.5. The molecule has 12 nitrogen and oxygen atoms in total. The number of nitrogens with one attached hydrogen (secondary N) is 2. The molecule has 14 heteroatoms. The zero-order chi connectivity index (χ0) is 31.5. The van der Waals surface area contributed by atoms with Crippen molar-refractivity contribution >= 4 is 55.7 Å². The fourth-order valence-electron chi connectivity index (χ4n) is 5.64. The first-order chi connectivity index (χ1) is 20.3. The number of amides is 3. The predicted molar refractivity (Wildman–Crippen MR) is 164 cm³/mol. The average Bonchev–Trinajstić information content (AvgIpc) is 3.44. The maximum Gasteiger partial charge on any atom is 0.408 e. The number of rotatable bonds is 4. The van der Waals surface area contributed by atoms with Crippen LogP contribution in [0.1, 0.15) is 78.7 Å². The smallest absolute Gasteiger partial charge is 0.408 e. The molecule has 1 saturated heterocycles. The van der Waals surface area contributed by atoms with E-state index in [4.69, 9.17) is 9.47 Å². The summed E-state index contributed by atoms with van der Waals surface area (Å²) in [7, 11) is 0. The maximum absolute atomic E-state index is 14.1. The summed E-state index contributed by atoms with van der Waals surface area (Å²) in [4.78, 5) is 68.4. The van der Waals surface area contributed by atoms with Crippen LogP contribution in [-0.4, -0.2) is 74.9 Å². The Hall–Kier alpha value is -2.74. The molecule has 3 amide bonds. The number of esters is 1. The molecule has 3 heterocycles. The molecule has 236 valence electrons. The Morgan fingerprint density at radius 2 is 1.93 bits per heavy atom. The van der Waals surface area contributed by atoms with Crippen molar-refractivity contribution in [1.29, 1.82) is 0 Å². The van der Waals surface area contributed by atoms with Crippen molar-refractivity contribution in [2.24, 2.45) is 5.92 Å². The van der Waals surface area contributed by atoms with Gasteiger partial charge in [0, 0.05) is 18.9 Å². The number of aromatic nitrogens is 2. The van der Waals surface area contributed by atoms with Crippen LogP contribution < -0.4 is 16.2 Å². The van der Waals surface area contributed by atoms with Gasteiger partial charge in [0.15, 0.2) is 0 Å². The number of nitrogens with zero attached hydrogens (tertiary/aromatic N) is 3. The molecule has 0 aromatic carbocycles. The molecule has 0 spiro atoms. The van der Waals surface area contributed by atoms with Crippen molar-refractivity contribution in [1.82, 2.24) is 25.3 Å². The van der Waals surface area contributed by atoms with E-state index in [0.29, 0.717) is 23.7 Å². The van der Waals surface area contributed by atoms with Crippen molar-refractivity contribution in [3.05, 3.63) is 37.6 Å². The standard InChI is InChI=1S/C29H39Br2N5O7/c1-5-42-26(40)29-14-17(29)11-9-7-6-8-10-12-20(33-27(41)43-28(2,3)4)24(38)35-16-18(13-21(35)23(37)34-29)36-25(39)22(31)19(30)15-32-36/h9,11,15,17-18,20-21H,5-8,10,12-14,16H2,1-4H3,(H,33,41)(H,34,37)/t17-,18-,20+,21+,29-/m1/s1. The number of hydrogen-bond acceptors (Lipinski definition) is 8. The first kappa shape index (κ1) is 33.2. The van der Waals surface area contributed by atoms with E-state index in [1.54, 1.807) is 27.7 Å². The summed E-state index contributed by atoms with van der Waals surface area (Å²) in [6.45, 7) is 7.06. The zero-order valence-electron chi connectivity index (χ0n) is 24.9. The maximum atomic E-state index is 14.1. The fraction of sp³-hybridized carbons (Fsp3) is 0.655. The molecule has 0 unspecified atom stereocenters. The Kier molecular flexibility index (Phi) is 10.4. The predicted octanol–water partition coefficient (Wildman–Crippen LogP) is 3.76. The van der Waals surface area contributed by atoms with Gasteiger partial charge in [-0.2, -0.15) is 5.10 Å². The van der Waals surface area contributed by atoms with E-state index >= 15 is 0 Å². The molecule has 1 aromatic rings. The Bertz CT molecular complexity index is 1340. The Balaban J connectivity index is 1.70. The number of halogens is 2. The van der Waals surface area contributed by atoms with Gasteiger partial charge in [-0.15, -0.1) is 0 Å². The summed E-state index contributed by atoms with van der Waals surface area (Å²) < 4.78 is 12.8. The minimum Gasteiger partial charge on any atom is -0.464 e. The number of carbonyl (C=O) groups is 4. The molecule has 2 fully saturated rings. The topological polar surface area (TPSA) is 149 Å². The lowest BCUT2D eigenvalue weighted by molar-refractivity contribution is -0.150. The van der Waals surface area contributed by atoms with E-state index in [9.17, 15) is 24.0 Å². The molecule has 0 radical (unpaired) electrons. The van der Waals surface area contributed by atoms with Crippen molar-refractivity contribution in [3.63, 3.8) is 0 Å². The van der Waals surface area contributed by atoms with E-state index < -0.39 is 58.7 Å². The van der Waals surface area contributed by atoms with Crippen LogP contribution in [0.2, 0.25) is 0 Å². The van der Waals surface area contributed by atoms with Crippen molar-refractivity contribution in [3.8, 4) is 0 Å².